The van der Waals surface area contributed by atoms with E-state index in [9.17, 15) is 0 Å². The first-order valence-corrected chi connectivity index (χ1v) is 9.07. The van der Waals surface area contributed by atoms with Gasteiger partial charge in [0.1, 0.15) is 12.4 Å². The summed E-state index contributed by atoms with van der Waals surface area (Å²) >= 11 is 3.54. The first kappa shape index (κ1) is 16.0. The van der Waals surface area contributed by atoms with Gasteiger partial charge in [0.25, 0.3) is 0 Å². The molecule has 0 aliphatic carbocycles. The molecule has 0 aliphatic rings. The molecule has 0 radical (unpaired) electrons. The van der Waals surface area contributed by atoms with E-state index in [-0.39, 0.29) is 0 Å². The summed E-state index contributed by atoms with van der Waals surface area (Å²) in [4.78, 5) is 0. The van der Waals surface area contributed by atoms with Crippen LogP contribution < -0.4 is 4.74 Å². The van der Waals surface area contributed by atoms with Crippen LogP contribution in [0.3, 0.4) is 0 Å². The summed E-state index contributed by atoms with van der Waals surface area (Å²) in [5.41, 5.74) is 3.66. The van der Waals surface area contributed by atoms with E-state index < -0.39 is 0 Å². The Bertz CT molecular complexity index is 991. The smallest absolute Gasteiger partial charge is 0.120 e. The van der Waals surface area contributed by atoms with Gasteiger partial charge in [0.2, 0.25) is 0 Å². The molecule has 3 aromatic carbocycles. The summed E-state index contributed by atoms with van der Waals surface area (Å²) in [6, 6.07) is 27.1. The standard InChI is InChI=1S/C22H18BrNO/c23-20-8-4-7-18(13-20)15-24-12-11-19-14-21(9-10-22(19)24)25-16-17-5-2-1-3-6-17/h1-14H,15-16H2. The number of fused-ring (bicyclic) bond motifs is 1. The molecule has 0 aliphatic heterocycles. The molecule has 0 unspecified atom stereocenters. The Labute approximate surface area is 155 Å². The van der Waals surface area contributed by atoms with Crippen LogP contribution in [0, 0.1) is 0 Å². The predicted molar refractivity (Wildman–Crippen MR) is 106 cm³/mol. The van der Waals surface area contributed by atoms with Gasteiger partial charge in [-0.1, -0.05) is 58.4 Å². The van der Waals surface area contributed by atoms with Crippen molar-refractivity contribution in [3.63, 3.8) is 0 Å². The predicted octanol–water partition coefficient (Wildman–Crippen LogP) is 6.03. The van der Waals surface area contributed by atoms with Gasteiger partial charge < -0.3 is 9.30 Å². The van der Waals surface area contributed by atoms with Gasteiger partial charge in [-0.3, -0.25) is 0 Å². The van der Waals surface area contributed by atoms with E-state index >= 15 is 0 Å². The number of halogens is 1. The zero-order valence-corrected chi connectivity index (χ0v) is 15.3. The lowest BCUT2D eigenvalue weighted by Crippen LogP contribution is -1.98. The summed E-state index contributed by atoms with van der Waals surface area (Å²) in [5.74, 6) is 0.900. The van der Waals surface area contributed by atoms with Crippen molar-refractivity contribution in [2.45, 2.75) is 13.2 Å². The Kier molecular flexibility index (Phi) is 4.57. The van der Waals surface area contributed by atoms with Crippen LogP contribution >= 0.6 is 15.9 Å². The molecule has 0 atom stereocenters. The summed E-state index contributed by atoms with van der Waals surface area (Å²) in [6.07, 6.45) is 2.13. The lowest BCUT2D eigenvalue weighted by Gasteiger charge is -2.09. The first-order valence-electron chi connectivity index (χ1n) is 8.28. The van der Waals surface area contributed by atoms with Gasteiger partial charge in [-0.05, 0) is 47.5 Å². The highest BCUT2D eigenvalue weighted by Gasteiger charge is 2.04. The van der Waals surface area contributed by atoms with E-state index in [0.717, 1.165) is 16.8 Å². The second-order valence-electron chi connectivity index (χ2n) is 6.07. The number of ether oxygens (including phenoxy) is 1. The van der Waals surface area contributed by atoms with Gasteiger partial charge in [-0.2, -0.15) is 0 Å². The second kappa shape index (κ2) is 7.16. The van der Waals surface area contributed by atoms with Crippen molar-refractivity contribution in [1.29, 1.82) is 0 Å². The summed E-state index contributed by atoms with van der Waals surface area (Å²) in [6.45, 7) is 1.44. The second-order valence-corrected chi connectivity index (χ2v) is 6.98. The Morgan fingerprint density at radius 2 is 1.64 bits per heavy atom. The van der Waals surface area contributed by atoms with Crippen LogP contribution in [0.15, 0.2) is 89.5 Å². The van der Waals surface area contributed by atoms with Crippen LogP contribution in [0.4, 0.5) is 0 Å². The van der Waals surface area contributed by atoms with Gasteiger partial charge in [0.05, 0.1) is 0 Å². The monoisotopic (exact) mass is 391 g/mol. The maximum absolute atomic E-state index is 5.93. The minimum atomic E-state index is 0.588. The van der Waals surface area contributed by atoms with Crippen molar-refractivity contribution in [2.75, 3.05) is 0 Å². The van der Waals surface area contributed by atoms with E-state index in [0.29, 0.717) is 6.61 Å². The van der Waals surface area contributed by atoms with Gasteiger partial charge in [0.15, 0.2) is 0 Å². The van der Waals surface area contributed by atoms with Crippen LogP contribution in [0.1, 0.15) is 11.1 Å². The van der Waals surface area contributed by atoms with Crippen molar-refractivity contribution in [3.8, 4) is 5.75 Å². The molecule has 4 aromatic rings. The number of rotatable bonds is 5. The van der Waals surface area contributed by atoms with E-state index in [2.05, 4.69) is 75.2 Å². The molecule has 25 heavy (non-hydrogen) atoms. The van der Waals surface area contributed by atoms with Crippen molar-refractivity contribution in [3.05, 3.63) is 101 Å². The Hall–Kier alpha value is -2.52. The Morgan fingerprint density at radius 1 is 0.800 bits per heavy atom. The first-order chi connectivity index (χ1) is 12.3. The van der Waals surface area contributed by atoms with Crippen LogP contribution in [-0.2, 0) is 13.2 Å². The molecule has 1 heterocycles. The number of hydrogen-bond acceptors (Lipinski definition) is 1. The molecule has 124 valence electrons. The molecule has 3 heteroatoms. The molecule has 0 saturated carbocycles. The Morgan fingerprint density at radius 3 is 2.48 bits per heavy atom. The molecule has 0 fully saturated rings. The molecule has 0 bridgehead atoms. The fourth-order valence-corrected chi connectivity index (χ4v) is 3.43. The summed E-state index contributed by atoms with van der Waals surface area (Å²) in [5, 5.41) is 1.19. The largest absolute Gasteiger partial charge is 0.489 e. The molecule has 4 rings (SSSR count). The molecular weight excluding hydrogens is 374 g/mol. The van der Waals surface area contributed by atoms with Crippen molar-refractivity contribution < 1.29 is 4.74 Å². The minimum absolute atomic E-state index is 0.588. The summed E-state index contributed by atoms with van der Waals surface area (Å²) in [7, 11) is 0. The van der Waals surface area contributed by atoms with Gasteiger partial charge in [-0.25, -0.2) is 0 Å². The SMILES string of the molecule is Brc1cccc(Cn2ccc3cc(OCc4ccccc4)ccc32)c1. The molecule has 0 N–H and O–H groups in total. The third-order valence-electron chi connectivity index (χ3n) is 4.23. The molecule has 1 aromatic heterocycles. The third-order valence-corrected chi connectivity index (χ3v) is 4.73. The molecular formula is C22H18BrNO. The van der Waals surface area contributed by atoms with E-state index in [1.165, 1.54) is 22.0 Å². The lowest BCUT2D eigenvalue weighted by atomic mass is 10.2. The van der Waals surface area contributed by atoms with Crippen molar-refractivity contribution in [2.24, 2.45) is 0 Å². The number of hydrogen-bond donors (Lipinski definition) is 0. The number of benzene rings is 3. The highest BCUT2D eigenvalue weighted by Crippen LogP contribution is 2.24. The quantitative estimate of drug-likeness (QED) is 0.404. The maximum atomic E-state index is 5.93. The zero-order valence-electron chi connectivity index (χ0n) is 13.7. The average molecular weight is 392 g/mol. The highest BCUT2D eigenvalue weighted by molar-refractivity contribution is 9.10. The summed E-state index contributed by atoms with van der Waals surface area (Å²) < 4.78 is 9.30. The fourth-order valence-electron chi connectivity index (χ4n) is 2.98. The molecule has 0 amide bonds. The number of nitrogens with zero attached hydrogens (tertiary/aromatic N) is 1. The van der Waals surface area contributed by atoms with Gasteiger partial charge in [-0.15, -0.1) is 0 Å². The van der Waals surface area contributed by atoms with E-state index in [1.807, 2.05) is 30.3 Å². The topological polar surface area (TPSA) is 14.2 Å². The van der Waals surface area contributed by atoms with E-state index in [1.54, 1.807) is 0 Å². The van der Waals surface area contributed by atoms with E-state index in [4.69, 9.17) is 4.74 Å². The fraction of sp³-hybridized carbons (Fsp3) is 0.0909. The Balaban J connectivity index is 1.52. The third kappa shape index (κ3) is 3.77. The highest BCUT2D eigenvalue weighted by atomic mass is 79.9. The van der Waals surface area contributed by atoms with Crippen LogP contribution in [0.5, 0.6) is 5.75 Å². The van der Waals surface area contributed by atoms with Gasteiger partial charge in [0, 0.05) is 28.1 Å². The molecule has 0 saturated heterocycles. The molecule has 2 nitrogen and oxygen atoms in total. The zero-order chi connectivity index (χ0) is 17.1. The minimum Gasteiger partial charge on any atom is -0.489 e. The normalized spacial score (nSPS) is 10.9. The maximum Gasteiger partial charge on any atom is 0.120 e. The molecule has 0 spiro atoms. The van der Waals surface area contributed by atoms with Crippen molar-refractivity contribution >= 4 is 26.8 Å². The van der Waals surface area contributed by atoms with Crippen molar-refractivity contribution in [1.82, 2.24) is 4.57 Å². The van der Waals surface area contributed by atoms with Crippen LogP contribution in [0.25, 0.3) is 10.9 Å². The van der Waals surface area contributed by atoms with Gasteiger partial charge >= 0.3 is 0 Å². The average Bonchev–Trinajstić information content (AvgIpc) is 3.03. The van der Waals surface area contributed by atoms with Crippen LogP contribution in [-0.4, -0.2) is 4.57 Å². The lowest BCUT2D eigenvalue weighted by molar-refractivity contribution is 0.306. The number of aromatic nitrogens is 1. The van der Waals surface area contributed by atoms with Crippen LogP contribution in [0.2, 0.25) is 0 Å².